The second kappa shape index (κ2) is 9.38. The maximum Gasteiger partial charge on any atom is 0.269 e. The van der Waals surface area contributed by atoms with Gasteiger partial charge in [-0.1, -0.05) is 41.0 Å². The van der Waals surface area contributed by atoms with Crippen LogP contribution in [0.1, 0.15) is 29.4 Å². The summed E-state index contributed by atoms with van der Waals surface area (Å²) in [7, 11) is 0. The highest BCUT2D eigenvalue weighted by atomic mass is 79.9. The molecule has 1 aromatic heterocycles. The van der Waals surface area contributed by atoms with Crippen LogP contribution < -0.4 is 16.4 Å². The molecule has 9 heteroatoms. The Morgan fingerprint density at radius 1 is 1.24 bits per heavy atom. The van der Waals surface area contributed by atoms with Crippen molar-refractivity contribution in [2.45, 2.75) is 24.9 Å². The average molecular weight is 425 g/mol. The molecular formula is C16H17BrN4O3S. The van der Waals surface area contributed by atoms with Crippen LogP contribution in [0.2, 0.25) is 0 Å². The first-order valence-electron chi connectivity index (χ1n) is 7.55. The summed E-state index contributed by atoms with van der Waals surface area (Å²) < 4.78 is 0.858. The molecule has 2 amide bonds. The van der Waals surface area contributed by atoms with E-state index in [4.69, 9.17) is 0 Å². The van der Waals surface area contributed by atoms with Crippen LogP contribution in [0.5, 0.6) is 0 Å². The number of carbonyl (C=O) groups excluding carboxylic acids is 2. The third-order valence-electron chi connectivity index (χ3n) is 3.04. The molecule has 0 radical (unpaired) electrons. The largest absolute Gasteiger partial charge is 0.301 e. The number of nitrogens with zero attached hydrogens (tertiary/aromatic N) is 1. The zero-order chi connectivity index (χ0) is 18.2. The van der Waals surface area contributed by atoms with E-state index < -0.39 is 11.8 Å². The molecule has 0 spiro atoms. The summed E-state index contributed by atoms with van der Waals surface area (Å²) in [5, 5.41) is 0.380. The number of rotatable bonds is 6. The lowest BCUT2D eigenvalue weighted by atomic mass is 10.2. The number of H-pyrrole nitrogens is 1. The number of aromatic amines is 1. The van der Waals surface area contributed by atoms with Crippen LogP contribution in [0, 0.1) is 0 Å². The number of benzene rings is 1. The maximum absolute atomic E-state index is 11.9. The maximum atomic E-state index is 11.9. The van der Waals surface area contributed by atoms with Crippen molar-refractivity contribution in [3.8, 4) is 0 Å². The van der Waals surface area contributed by atoms with Gasteiger partial charge in [0.2, 0.25) is 5.91 Å². The lowest BCUT2D eigenvalue weighted by Crippen LogP contribution is -2.42. The molecule has 132 valence electrons. The number of nitrogens with one attached hydrogen (secondary N) is 3. The SMILES string of the molecule is CCCc1cc(=O)[nH]c(SCC(=O)NNC(=O)c2ccc(Br)cc2)n1. The molecule has 3 N–H and O–H groups in total. The molecule has 2 rings (SSSR count). The minimum atomic E-state index is -0.415. The number of amides is 2. The third-order valence-corrected chi connectivity index (χ3v) is 4.44. The van der Waals surface area contributed by atoms with Crippen LogP contribution in [-0.4, -0.2) is 27.5 Å². The number of aromatic nitrogens is 2. The topological polar surface area (TPSA) is 104 Å². The molecule has 7 nitrogen and oxygen atoms in total. The fourth-order valence-corrected chi connectivity index (χ4v) is 2.86. The van der Waals surface area contributed by atoms with E-state index in [1.165, 1.54) is 6.07 Å². The van der Waals surface area contributed by atoms with E-state index in [2.05, 4.69) is 36.7 Å². The summed E-state index contributed by atoms with van der Waals surface area (Å²) in [5.41, 5.74) is 5.54. The Hall–Kier alpha value is -2.13. The van der Waals surface area contributed by atoms with Crippen molar-refractivity contribution in [2.75, 3.05) is 5.75 Å². The van der Waals surface area contributed by atoms with Crippen molar-refractivity contribution < 1.29 is 9.59 Å². The van der Waals surface area contributed by atoms with Crippen molar-refractivity contribution in [2.24, 2.45) is 0 Å². The van der Waals surface area contributed by atoms with Crippen LogP contribution in [0.25, 0.3) is 0 Å². The Labute approximate surface area is 157 Å². The molecule has 0 saturated carbocycles. The Morgan fingerprint density at radius 2 is 1.96 bits per heavy atom. The number of hydrogen-bond acceptors (Lipinski definition) is 5. The first-order valence-corrected chi connectivity index (χ1v) is 9.33. The Bertz CT molecular complexity index is 808. The Kier molecular flexibility index (Phi) is 7.20. The molecular weight excluding hydrogens is 408 g/mol. The molecule has 0 atom stereocenters. The lowest BCUT2D eigenvalue weighted by molar-refractivity contribution is -0.119. The van der Waals surface area contributed by atoms with E-state index in [0.29, 0.717) is 22.8 Å². The molecule has 0 aliphatic carbocycles. The van der Waals surface area contributed by atoms with E-state index >= 15 is 0 Å². The van der Waals surface area contributed by atoms with Gasteiger partial charge in [0.25, 0.3) is 11.5 Å². The smallest absolute Gasteiger partial charge is 0.269 e. The molecule has 0 aliphatic rings. The van der Waals surface area contributed by atoms with Gasteiger partial charge >= 0.3 is 0 Å². The highest BCUT2D eigenvalue weighted by Crippen LogP contribution is 2.12. The van der Waals surface area contributed by atoms with Crippen LogP contribution in [-0.2, 0) is 11.2 Å². The van der Waals surface area contributed by atoms with Crippen molar-refractivity contribution >= 4 is 39.5 Å². The number of hydrazine groups is 1. The number of carbonyl (C=O) groups is 2. The van der Waals surface area contributed by atoms with E-state index in [0.717, 1.165) is 22.7 Å². The molecule has 2 aromatic rings. The molecule has 0 bridgehead atoms. The van der Waals surface area contributed by atoms with Gasteiger partial charge in [0, 0.05) is 21.8 Å². The minimum Gasteiger partial charge on any atom is -0.301 e. The van der Waals surface area contributed by atoms with Gasteiger partial charge in [0.05, 0.1) is 5.75 Å². The quantitative estimate of drug-likeness (QED) is 0.373. The van der Waals surface area contributed by atoms with Gasteiger partial charge in [-0.3, -0.25) is 25.2 Å². The summed E-state index contributed by atoms with van der Waals surface area (Å²) in [4.78, 5) is 42.1. The van der Waals surface area contributed by atoms with E-state index in [1.54, 1.807) is 24.3 Å². The summed E-state index contributed by atoms with van der Waals surface area (Å²) in [5.74, 6) is -0.805. The second-order valence-corrected chi connectivity index (χ2v) is 6.97. The van der Waals surface area contributed by atoms with Crippen molar-refractivity contribution in [3.63, 3.8) is 0 Å². The van der Waals surface area contributed by atoms with E-state index in [9.17, 15) is 14.4 Å². The molecule has 0 saturated heterocycles. The lowest BCUT2D eigenvalue weighted by Gasteiger charge is -2.07. The van der Waals surface area contributed by atoms with Crippen molar-refractivity contribution in [3.05, 3.63) is 56.4 Å². The predicted molar refractivity (Wildman–Crippen MR) is 99.3 cm³/mol. The fraction of sp³-hybridized carbons (Fsp3) is 0.250. The van der Waals surface area contributed by atoms with Crippen LogP contribution in [0.4, 0.5) is 0 Å². The fourth-order valence-electron chi connectivity index (χ4n) is 1.91. The van der Waals surface area contributed by atoms with E-state index in [1.807, 2.05) is 6.92 Å². The van der Waals surface area contributed by atoms with Crippen LogP contribution in [0.3, 0.4) is 0 Å². The third kappa shape index (κ3) is 6.35. The first kappa shape index (κ1) is 19.2. The molecule has 1 heterocycles. The molecule has 1 aromatic carbocycles. The predicted octanol–water partition coefficient (Wildman–Crippen LogP) is 2.04. The van der Waals surface area contributed by atoms with Gasteiger partial charge in [-0.25, -0.2) is 4.98 Å². The number of halogens is 1. The standard InChI is InChI=1S/C16H17BrN4O3S/c1-2-3-12-8-13(22)19-16(18-12)25-9-14(23)20-21-15(24)10-4-6-11(17)7-5-10/h4-8H,2-3,9H2,1H3,(H,20,23)(H,21,24)(H,18,19,22). The van der Waals surface area contributed by atoms with Gasteiger partial charge < -0.3 is 4.98 Å². The molecule has 0 unspecified atom stereocenters. The monoisotopic (exact) mass is 424 g/mol. The highest BCUT2D eigenvalue weighted by molar-refractivity contribution is 9.10. The Balaban J connectivity index is 1.83. The highest BCUT2D eigenvalue weighted by Gasteiger charge is 2.09. The van der Waals surface area contributed by atoms with E-state index in [-0.39, 0.29) is 11.3 Å². The van der Waals surface area contributed by atoms with Crippen molar-refractivity contribution in [1.82, 2.24) is 20.8 Å². The molecule has 0 aliphatic heterocycles. The normalized spacial score (nSPS) is 10.3. The number of aryl methyl sites for hydroxylation is 1. The van der Waals surface area contributed by atoms with Crippen LogP contribution >= 0.6 is 27.7 Å². The molecule has 25 heavy (non-hydrogen) atoms. The summed E-state index contributed by atoms with van der Waals surface area (Å²) in [6.07, 6.45) is 1.58. The van der Waals surface area contributed by atoms with Gasteiger partial charge in [-0.2, -0.15) is 0 Å². The van der Waals surface area contributed by atoms with Gasteiger partial charge in [-0.15, -0.1) is 0 Å². The van der Waals surface area contributed by atoms with Gasteiger partial charge in [0.1, 0.15) is 0 Å². The minimum absolute atomic E-state index is 0.0130. The Morgan fingerprint density at radius 3 is 2.64 bits per heavy atom. The molecule has 0 fully saturated rings. The zero-order valence-corrected chi connectivity index (χ0v) is 15.9. The summed E-state index contributed by atoms with van der Waals surface area (Å²) in [6, 6.07) is 8.18. The second-order valence-electron chi connectivity index (χ2n) is 5.09. The van der Waals surface area contributed by atoms with Crippen LogP contribution in [0.15, 0.2) is 44.8 Å². The first-order chi connectivity index (χ1) is 12.0. The summed E-state index contributed by atoms with van der Waals surface area (Å²) in [6.45, 7) is 2.00. The van der Waals surface area contributed by atoms with Crippen molar-refractivity contribution in [1.29, 1.82) is 0 Å². The summed E-state index contributed by atoms with van der Waals surface area (Å²) >= 11 is 4.38. The van der Waals surface area contributed by atoms with Gasteiger partial charge in [0.15, 0.2) is 5.16 Å². The van der Waals surface area contributed by atoms with Gasteiger partial charge in [-0.05, 0) is 30.7 Å². The zero-order valence-electron chi connectivity index (χ0n) is 13.5. The number of thioether (sulfide) groups is 1. The average Bonchev–Trinajstić information content (AvgIpc) is 2.58. The number of hydrogen-bond donors (Lipinski definition) is 3.